The molecule has 0 rings (SSSR count). The van der Waals surface area contributed by atoms with Crippen LogP contribution >= 0.6 is 0 Å². The van der Waals surface area contributed by atoms with Crippen molar-refractivity contribution in [1.29, 1.82) is 0 Å². The molecule has 76 valence electrons. The summed E-state index contributed by atoms with van der Waals surface area (Å²) in [5.41, 5.74) is 0. The first-order valence-electron chi connectivity index (χ1n) is 5.28. The van der Waals surface area contributed by atoms with Gasteiger partial charge >= 0.3 is 0 Å². The summed E-state index contributed by atoms with van der Waals surface area (Å²) in [5.74, 6) is 0. The predicted molar refractivity (Wildman–Crippen MR) is 73.4 cm³/mol. The summed E-state index contributed by atoms with van der Waals surface area (Å²) >= 11 is 0. The number of allylic oxidation sites excluding steroid dienone is 4. The predicted octanol–water partition coefficient (Wildman–Crippen LogP) is 1.87. The Morgan fingerprint density at radius 2 is 1.23 bits per heavy atom. The highest BCUT2D eigenvalue weighted by molar-refractivity contribution is 7.44. The lowest BCUT2D eigenvalue weighted by atomic mass is 10.6. The standard InChI is InChI=1S/C10H24Si3/c1-7-9(3)12(5)11-13(6)10(4)8-2/h7-8,12-13H,11H2,1-6H3/b9-7-,10-8-. The molecule has 0 aliphatic carbocycles. The molecule has 0 aromatic heterocycles. The quantitative estimate of drug-likeness (QED) is 0.645. The first kappa shape index (κ1) is 13.1. The Kier molecular flexibility index (Phi) is 6.63. The van der Waals surface area contributed by atoms with Crippen molar-refractivity contribution in [2.24, 2.45) is 0 Å². The van der Waals surface area contributed by atoms with E-state index in [0.29, 0.717) is 0 Å². The van der Waals surface area contributed by atoms with Gasteiger partial charge in [0, 0.05) is 25.2 Å². The molecule has 0 amide bonds. The molecule has 3 heteroatoms. The molecule has 0 nitrogen and oxygen atoms in total. The van der Waals surface area contributed by atoms with Crippen molar-refractivity contribution in [2.75, 3.05) is 0 Å². The molecule has 2 atom stereocenters. The van der Waals surface area contributed by atoms with Gasteiger partial charge in [-0.15, -0.1) is 0 Å². The molecular weight excluding hydrogens is 204 g/mol. The Bertz CT molecular complexity index is 184. The molecule has 0 N–H and O–H groups in total. The first-order chi connectivity index (χ1) is 6.02. The van der Waals surface area contributed by atoms with Gasteiger partial charge in [-0.1, -0.05) is 35.6 Å². The Morgan fingerprint density at radius 3 is 1.46 bits per heavy atom. The molecule has 2 unspecified atom stereocenters. The maximum Gasteiger partial charge on any atom is 0.0464 e. The maximum absolute atomic E-state index is 2.55. The van der Waals surface area contributed by atoms with Crippen molar-refractivity contribution in [3.63, 3.8) is 0 Å². The van der Waals surface area contributed by atoms with Gasteiger partial charge < -0.3 is 0 Å². The molecule has 0 heterocycles. The van der Waals surface area contributed by atoms with Crippen LogP contribution in [0.25, 0.3) is 0 Å². The fraction of sp³-hybridized carbons (Fsp3) is 0.600. The van der Waals surface area contributed by atoms with Crippen molar-refractivity contribution >= 4 is 25.2 Å². The van der Waals surface area contributed by atoms with Crippen LogP contribution in [-0.4, -0.2) is 25.2 Å². The maximum atomic E-state index is 2.55. The second kappa shape index (κ2) is 6.56. The van der Waals surface area contributed by atoms with Gasteiger partial charge in [0.25, 0.3) is 0 Å². The fourth-order valence-corrected chi connectivity index (χ4v) is 27.5. The van der Waals surface area contributed by atoms with Crippen molar-refractivity contribution in [3.8, 4) is 0 Å². The van der Waals surface area contributed by atoms with Crippen LogP contribution in [-0.2, 0) is 0 Å². The Balaban J connectivity index is 4.14. The third-order valence-corrected chi connectivity index (χ3v) is 29.2. The summed E-state index contributed by atoms with van der Waals surface area (Å²) in [6, 6.07) is 0. The number of hydrogen-bond acceptors (Lipinski definition) is 0. The topological polar surface area (TPSA) is 0 Å². The molecule has 0 aromatic rings. The van der Waals surface area contributed by atoms with Gasteiger partial charge in [-0.2, -0.15) is 0 Å². The van der Waals surface area contributed by atoms with Crippen LogP contribution in [0.5, 0.6) is 0 Å². The van der Waals surface area contributed by atoms with Crippen molar-refractivity contribution in [1.82, 2.24) is 0 Å². The molecule has 0 spiro atoms. The van der Waals surface area contributed by atoms with E-state index >= 15 is 0 Å². The van der Waals surface area contributed by atoms with E-state index in [4.69, 9.17) is 0 Å². The minimum absolute atomic E-state index is 0.284. The third-order valence-electron chi connectivity index (χ3n) is 3.17. The van der Waals surface area contributed by atoms with Crippen LogP contribution in [0.3, 0.4) is 0 Å². The third kappa shape index (κ3) is 4.78. The van der Waals surface area contributed by atoms with Crippen molar-refractivity contribution in [2.45, 2.75) is 40.8 Å². The van der Waals surface area contributed by atoms with Gasteiger partial charge in [-0.3, -0.25) is 0 Å². The zero-order chi connectivity index (χ0) is 10.4. The van der Waals surface area contributed by atoms with E-state index < -0.39 is 16.6 Å². The molecule has 0 fully saturated rings. The monoisotopic (exact) mass is 228 g/mol. The Labute approximate surface area is 88.8 Å². The van der Waals surface area contributed by atoms with E-state index in [1.807, 2.05) is 0 Å². The lowest BCUT2D eigenvalue weighted by Gasteiger charge is -2.15. The fourth-order valence-electron chi connectivity index (χ4n) is 1.47. The zero-order valence-electron chi connectivity index (χ0n) is 10.0. The largest absolute Gasteiger partial charge is 0.0951 e. The molecule has 0 aromatic carbocycles. The summed E-state index contributed by atoms with van der Waals surface area (Å²) in [4.78, 5) is 0. The molecular formula is C10H24Si3. The summed E-state index contributed by atoms with van der Waals surface area (Å²) in [6.45, 7) is 14.2. The SMILES string of the molecule is C/C=C(/C)[SiH](C)[SiH2][SiH](C)/C(C)=C\C. The molecule has 0 bridgehead atoms. The lowest BCUT2D eigenvalue weighted by Crippen LogP contribution is -2.34. The minimum atomic E-state index is -0.403. The first-order valence-corrected chi connectivity index (χ1v) is 15.3. The van der Waals surface area contributed by atoms with E-state index in [2.05, 4.69) is 52.9 Å². The average Bonchev–Trinajstić information content (AvgIpc) is 2.14. The normalized spacial score (nSPS) is 19.5. The summed E-state index contributed by atoms with van der Waals surface area (Å²) in [7, 11) is -0.522. The van der Waals surface area contributed by atoms with Crippen LogP contribution in [0.1, 0.15) is 27.7 Å². The Hall–Kier alpha value is 0.131. The van der Waals surface area contributed by atoms with Crippen molar-refractivity contribution < 1.29 is 0 Å². The highest BCUT2D eigenvalue weighted by atomic mass is 29.6. The summed E-state index contributed by atoms with van der Waals surface area (Å²) in [5, 5.41) is 3.49. The second-order valence-corrected chi connectivity index (χ2v) is 23.0. The number of hydrogen-bond donors (Lipinski definition) is 0. The molecule has 0 aliphatic heterocycles. The van der Waals surface area contributed by atoms with Gasteiger partial charge in [0.1, 0.15) is 0 Å². The number of rotatable bonds is 4. The van der Waals surface area contributed by atoms with Gasteiger partial charge in [-0.05, 0) is 27.7 Å². The smallest absolute Gasteiger partial charge is 0.0464 e. The highest BCUT2D eigenvalue weighted by Gasteiger charge is 2.13. The average molecular weight is 229 g/mol. The molecule has 0 aliphatic rings. The van der Waals surface area contributed by atoms with Crippen LogP contribution in [0.15, 0.2) is 22.5 Å². The van der Waals surface area contributed by atoms with Gasteiger partial charge in [0.05, 0.1) is 0 Å². The second-order valence-electron chi connectivity index (χ2n) is 4.10. The highest BCUT2D eigenvalue weighted by Crippen LogP contribution is 2.04. The van der Waals surface area contributed by atoms with Gasteiger partial charge in [0.2, 0.25) is 0 Å². The van der Waals surface area contributed by atoms with Crippen LogP contribution in [0, 0.1) is 0 Å². The molecule has 0 radical (unpaired) electrons. The van der Waals surface area contributed by atoms with Crippen molar-refractivity contribution in [3.05, 3.63) is 22.5 Å². The molecule has 0 saturated heterocycles. The zero-order valence-corrected chi connectivity index (χ0v) is 13.7. The van der Waals surface area contributed by atoms with Gasteiger partial charge in [-0.25, -0.2) is 0 Å². The van der Waals surface area contributed by atoms with Gasteiger partial charge in [0.15, 0.2) is 0 Å². The molecule has 13 heavy (non-hydrogen) atoms. The van der Waals surface area contributed by atoms with E-state index in [1.54, 1.807) is 10.4 Å². The lowest BCUT2D eigenvalue weighted by molar-refractivity contribution is 1.56. The van der Waals surface area contributed by atoms with Crippen LogP contribution in [0.2, 0.25) is 13.1 Å². The Morgan fingerprint density at radius 1 is 0.923 bits per heavy atom. The van der Waals surface area contributed by atoms with E-state index in [0.717, 1.165) is 0 Å². The van der Waals surface area contributed by atoms with E-state index in [9.17, 15) is 0 Å². The molecule has 0 saturated carbocycles. The van der Waals surface area contributed by atoms with E-state index in [-0.39, 0.29) is 8.55 Å². The van der Waals surface area contributed by atoms with E-state index in [1.165, 1.54) is 0 Å². The van der Waals surface area contributed by atoms with Crippen LogP contribution in [0.4, 0.5) is 0 Å². The van der Waals surface area contributed by atoms with Crippen LogP contribution < -0.4 is 0 Å². The minimum Gasteiger partial charge on any atom is -0.0951 e. The summed E-state index contributed by atoms with van der Waals surface area (Å²) in [6.07, 6.45) is 4.69. The summed E-state index contributed by atoms with van der Waals surface area (Å²) < 4.78 is 0.